The number of imidazole rings is 2. The number of hydrogen-bond acceptors (Lipinski definition) is 10. The average Bonchev–Trinajstić information content (AvgIpc) is 3.34. The van der Waals surface area contributed by atoms with Crippen LogP contribution in [0.1, 0.15) is 0 Å². The van der Waals surface area contributed by atoms with E-state index in [0.717, 1.165) is 18.3 Å². The van der Waals surface area contributed by atoms with E-state index in [1.807, 2.05) is 0 Å². The second kappa shape index (κ2) is 10.4. The van der Waals surface area contributed by atoms with Gasteiger partial charge < -0.3 is 28.9 Å². The van der Waals surface area contributed by atoms with Crippen LogP contribution in [0.5, 0.6) is 0 Å². The number of nitrogens with zero attached hydrogens (tertiary/aromatic N) is 8. The van der Waals surface area contributed by atoms with Gasteiger partial charge in [0.2, 0.25) is 0 Å². The van der Waals surface area contributed by atoms with Crippen LogP contribution in [0.2, 0.25) is 0 Å². The monoisotopic (exact) mass is 514 g/mol. The number of carbonyl (C=O) groups excluding carboxylic acids is 2. The standard InChI is InChI=1S/2C9H10N4O4.Ca/c2*1-11-4-10-7-6(11)8(16)12(2)9(17)13(7)3-5(14)15;/h2*4H,3H2,1-2H3,(H,14,15);/q;;+2/p-2. The molecule has 0 aromatic carbocycles. The smallest absolute Gasteiger partial charge is 0.548 e. The van der Waals surface area contributed by atoms with E-state index in [1.165, 1.54) is 35.9 Å². The molecule has 0 amide bonds. The van der Waals surface area contributed by atoms with Crippen molar-refractivity contribution in [2.45, 2.75) is 13.1 Å². The zero-order valence-corrected chi connectivity index (χ0v) is 21.3. The fourth-order valence-corrected chi connectivity index (χ4v) is 3.30. The fraction of sp³-hybridized carbons (Fsp3) is 0.333. The number of rotatable bonds is 4. The molecule has 16 nitrogen and oxygen atoms in total. The van der Waals surface area contributed by atoms with Crippen LogP contribution in [0, 0.1) is 0 Å². The molecule has 0 bridgehead atoms. The maximum absolute atomic E-state index is 11.8. The van der Waals surface area contributed by atoms with Gasteiger partial charge in [0.25, 0.3) is 11.1 Å². The first-order chi connectivity index (χ1) is 15.9. The SMILES string of the molecule is Cn1c(=O)c2c(ncn2C)n(CC(=O)[O-])c1=O.Cn1c(=O)c2c(ncn2C)n(CC(=O)[O-])c1=O.[Ca+2]. The number of carboxylic acid groups (broad SMARTS) is 2. The predicted molar refractivity (Wildman–Crippen MR) is 116 cm³/mol. The molecule has 0 spiro atoms. The van der Waals surface area contributed by atoms with E-state index in [9.17, 15) is 39.0 Å². The van der Waals surface area contributed by atoms with E-state index in [-0.39, 0.29) is 60.1 Å². The minimum absolute atomic E-state index is 0. The molecule has 0 aliphatic heterocycles. The van der Waals surface area contributed by atoms with Crippen LogP contribution in [0.15, 0.2) is 31.8 Å². The van der Waals surface area contributed by atoms with Crippen LogP contribution in [-0.4, -0.2) is 87.0 Å². The Bertz CT molecular complexity index is 1570. The van der Waals surface area contributed by atoms with Gasteiger partial charge in [0.1, 0.15) is 0 Å². The van der Waals surface area contributed by atoms with Crippen LogP contribution in [-0.2, 0) is 50.9 Å². The van der Waals surface area contributed by atoms with Gasteiger partial charge in [0.05, 0.1) is 37.7 Å². The summed E-state index contributed by atoms with van der Waals surface area (Å²) in [6.45, 7) is -1.28. The normalized spacial score (nSPS) is 10.6. The summed E-state index contributed by atoms with van der Waals surface area (Å²) in [5, 5.41) is 21.1. The molecule has 0 fully saturated rings. The van der Waals surface area contributed by atoms with Gasteiger partial charge in [-0.15, -0.1) is 0 Å². The molecular formula is C18H18CaN8O8. The van der Waals surface area contributed by atoms with Crippen molar-refractivity contribution in [1.82, 2.24) is 37.4 Å². The Kier molecular flexibility index (Phi) is 8.25. The van der Waals surface area contributed by atoms with Crippen LogP contribution < -0.4 is 32.7 Å². The number of aromatic nitrogens is 8. The van der Waals surface area contributed by atoms with Gasteiger partial charge in [-0.1, -0.05) is 0 Å². The summed E-state index contributed by atoms with van der Waals surface area (Å²) in [5.41, 5.74) is -2.05. The summed E-state index contributed by atoms with van der Waals surface area (Å²) >= 11 is 0. The molecule has 0 unspecified atom stereocenters. The number of fused-ring (bicyclic) bond motifs is 2. The van der Waals surface area contributed by atoms with Crippen molar-refractivity contribution in [3.05, 3.63) is 54.3 Å². The van der Waals surface area contributed by atoms with Gasteiger partial charge in [0, 0.05) is 28.2 Å². The van der Waals surface area contributed by atoms with Crippen molar-refractivity contribution in [3.8, 4) is 0 Å². The predicted octanol–water partition coefficient (Wildman–Crippen LogP) is -6.01. The number of carbonyl (C=O) groups is 2. The molecule has 4 heterocycles. The third-order valence-corrected chi connectivity index (χ3v) is 4.97. The van der Waals surface area contributed by atoms with Crippen LogP contribution in [0.4, 0.5) is 0 Å². The molecular weight excluding hydrogens is 496 g/mol. The fourth-order valence-electron chi connectivity index (χ4n) is 3.30. The van der Waals surface area contributed by atoms with E-state index >= 15 is 0 Å². The summed E-state index contributed by atoms with van der Waals surface area (Å²) in [6, 6.07) is 0. The first-order valence-corrected chi connectivity index (χ1v) is 9.48. The topological polar surface area (TPSA) is 204 Å². The Morgan fingerprint density at radius 1 is 0.714 bits per heavy atom. The second-order valence-electron chi connectivity index (χ2n) is 7.27. The largest absolute Gasteiger partial charge is 2.00 e. The average molecular weight is 514 g/mol. The molecule has 4 rings (SSSR count). The number of aryl methyl sites for hydroxylation is 2. The summed E-state index contributed by atoms with van der Waals surface area (Å²) in [7, 11) is 5.74. The first-order valence-electron chi connectivity index (χ1n) is 9.48. The van der Waals surface area contributed by atoms with E-state index in [2.05, 4.69) is 9.97 Å². The molecule has 0 N–H and O–H groups in total. The van der Waals surface area contributed by atoms with E-state index in [0.29, 0.717) is 0 Å². The van der Waals surface area contributed by atoms with Gasteiger partial charge >= 0.3 is 49.1 Å². The third-order valence-electron chi connectivity index (χ3n) is 4.97. The van der Waals surface area contributed by atoms with Gasteiger partial charge in [-0.3, -0.25) is 27.9 Å². The Morgan fingerprint density at radius 3 is 1.31 bits per heavy atom. The third kappa shape index (κ3) is 4.98. The summed E-state index contributed by atoms with van der Waals surface area (Å²) in [6.07, 6.45) is 2.69. The van der Waals surface area contributed by atoms with Crippen molar-refractivity contribution >= 4 is 72.0 Å². The molecule has 0 atom stereocenters. The quantitative estimate of drug-likeness (QED) is 0.236. The molecule has 0 saturated carbocycles. The van der Waals surface area contributed by atoms with E-state index in [4.69, 9.17) is 0 Å². The number of carboxylic acids is 2. The molecule has 180 valence electrons. The van der Waals surface area contributed by atoms with Gasteiger partial charge in [-0.05, 0) is 0 Å². The van der Waals surface area contributed by atoms with Crippen LogP contribution in [0.25, 0.3) is 22.3 Å². The molecule has 35 heavy (non-hydrogen) atoms. The van der Waals surface area contributed by atoms with Crippen LogP contribution >= 0.6 is 0 Å². The maximum Gasteiger partial charge on any atom is 2.00 e. The summed E-state index contributed by atoms with van der Waals surface area (Å²) < 4.78 is 6.34. The molecule has 0 radical (unpaired) electrons. The van der Waals surface area contributed by atoms with Crippen molar-refractivity contribution in [2.24, 2.45) is 28.2 Å². The Labute approximate surface area is 223 Å². The van der Waals surface area contributed by atoms with Crippen molar-refractivity contribution in [2.75, 3.05) is 0 Å². The first kappa shape index (κ1) is 27.7. The molecule has 4 aromatic rings. The Balaban J connectivity index is 0.000000240. The van der Waals surface area contributed by atoms with Gasteiger partial charge in [-0.25, -0.2) is 19.6 Å². The minimum atomic E-state index is -1.42. The summed E-state index contributed by atoms with van der Waals surface area (Å²) in [5.74, 6) is -2.84. The number of hydrogen-bond donors (Lipinski definition) is 0. The zero-order chi connectivity index (χ0) is 25.5. The molecule has 0 saturated heterocycles. The second-order valence-corrected chi connectivity index (χ2v) is 7.27. The van der Waals surface area contributed by atoms with Crippen molar-refractivity contribution in [3.63, 3.8) is 0 Å². The summed E-state index contributed by atoms with van der Waals surface area (Å²) in [4.78, 5) is 75.9. The van der Waals surface area contributed by atoms with Crippen molar-refractivity contribution in [1.29, 1.82) is 0 Å². The van der Waals surface area contributed by atoms with Crippen molar-refractivity contribution < 1.29 is 19.8 Å². The van der Waals surface area contributed by atoms with Gasteiger partial charge in [-0.2, -0.15) is 0 Å². The zero-order valence-electron chi connectivity index (χ0n) is 19.1. The van der Waals surface area contributed by atoms with E-state index in [1.54, 1.807) is 14.1 Å². The minimum Gasteiger partial charge on any atom is -0.548 e. The number of aliphatic carboxylic acids is 2. The maximum atomic E-state index is 11.8. The Morgan fingerprint density at radius 2 is 1.03 bits per heavy atom. The van der Waals surface area contributed by atoms with Crippen LogP contribution in [0.3, 0.4) is 0 Å². The van der Waals surface area contributed by atoms with E-state index < -0.39 is 47.5 Å². The molecule has 0 aliphatic rings. The van der Waals surface area contributed by atoms with Gasteiger partial charge in [0.15, 0.2) is 22.3 Å². The molecule has 4 aromatic heterocycles. The Hall–Kier alpha value is -3.50. The molecule has 17 heteroatoms. The molecule has 0 aliphatic carbocycles.